The zero-order valence-electron chi connectivity index (χ0n) is 36.0. The Bertz CT molecular complexity index is 832. The largest absolute Gasteiger partial charge is 0.394 e. The zero-order valence-corrected chi connectivity index (χ0v) is 36.0. The normalized spacial score (nSPS) is 21.2. The van der Waals surface area contributed by atoms with Gasteiger partial charge in [0.05, 0.1) is 25.4 Å². The molecule has 0 bridgehead atoms. The van der Waals surface area contributed by atoms with Crippen molar-refractivity contribution in [3.8, 4) is 0 Å². The van der Waals surface area contributed by atoms with E-state index in [2.05, 4.69) is 19.2 Å². The van der Waals surface area contributed by atoms with E-state index in [0.29, 0.717) is 12.8 Å². The molecule has 0 aromatic rings. The molecule has 1 heterocycles. The number of aliphatic hydroxyl groups is 5. The van der Waals surface area contributed by atoms with Crippen LogP contribution in [0.1, 0.15) is 232 Å². The van der Waals surface area contributed by atoms with Gasteiger partial charge in [0, 0.05) is 6.42 Å². The first-order valence-corrected chi connectivity index (χ1v) is 23.7. The van der Waals surface area contributed by atoms with Crippen molar-refractivity contribution >= 4 is 5.91 Å². The lowest BCUT2D eigenvalue weighted by Crippen LogP contribution is -2.60. The molecule has 9 heteroatoms. The number of hydrogen-bond donors (Lipinski definition) is 6. The van der Waals surface area contributed by atoms with E-state index in [4.69, 9.17) is 9.47 Å². The molecule has 7 atom stereocenters. The third-order valence-corrected chi connectivity index (χ3v) is 11.7. The number of nitrogens with one attached hydrogen (secondary N) is 1. The lowest BCUT2D eigenvalue weighted by Gasteiger charge is -2.40. The quantitative estimate of drug-likeness (QED) is 0.0337. The number of rotatable bonds is 40. The van der Waals surface area contributed by atoms with Gasteiger partial charge in [-0.25, -0.2) is 0 Å². The molecule has 6 N–H and O–H groups in total. The van der Waals surface area contributed by atoms with E-state index >= 15 is 0 Å². The van der Waals surface area contributed by atoms with E-state index in [1.807, 2.05) is 0 Å². The third kappa shape index (κ3) is 28.3. The van der Waals surface area contributed by atoms with Crippen molar-refractivity contribution in [1.82, 2.24) is 5.32 Å². The minimum Gasteiger partial charge on any atom is -0.394 e. The molecule has 0 aromatic heterocycles. The summed E-state index contributed by atoms with van der Waals surface area (Å²) in [6.45, 7) is 3.85. The van der Waals surface area contributed by atoms with Crippen molar-refractivity contribution in [3.63, 3.8) is 0 Å². The van der Waals surface area contributed by atoms with Crippen LogP contribution in [0.2, 0.25) is 0 Å². The monoisotopic (exact) mass is 786 g/mol. The van der Waals surface area contributed by atoms with Crippen molar-refractivity contribution < 1.29 is 39.8 Å². The highest BCUT2D eigenvalue weighted by atomic mass is 16.7. The molecule has 328 valence electrons. The van der Waals surface area contributed by atoms with Crippen LogP contribution >= 0.6 is 0 Å². The molecule has 55 heavy (non-hydrogen) atoms. The van der Waals surface area contributed by atoms with E-state index in [1.54, 1.807) is 0 Å². The van der Waals surface area contributed by atoms with Gasteiger partial charge in [0.15, 0.2) is 6.29 Å². The Morgan fingerprint density at radius 2 is 0.909 bits per heavy atom. The van der Waals surface area contributed by atoms with E-state index in [-0.39, 0.29) is 12.5 Å². The van der Waals surface area contributed by atoms with E-state index in [1.165, 1.54) is 167 Å². The van der Waals surface area contributed by atoms with Crippen LogP contribution < -0.4 is 5.32 Å². The first kappa shape index (κ1) is 52.2. The molecule has 1 saturated heterocycles. The van der Waals surface area contributed by atoms with Gasteiger partial charge in [0.1, 0.15) is 24.4 Å². The summed E-state index contributed by atoms with van der Waals surface area (Å²) >= 11 is 0. The molecule has 1 rings (SSSR count). The van der Waals surface area contributed by atoms with Gasteiger partial charge in [-0.3, -0.25) is 4.79 Å². The first-order valence-electron chi connectivity index (χ1n) is 23.7. The average Bonchev–Trinajstić information content (AvgIpc) is 3.18. The number of unbranched alkanes of at least 4 members (excludes halogenated alkanes) is 30. The van der Waals surface area contributed by atoms with Gasteiger partial charge in [-0.2, -0.15) is 0 Å². The van der Waals surface area contributed by atoms with Crippen LogP contribution in [0.5, 0.6) is 0 Å². The molecule has 2 unspecified atom stereocenters. The van der Waals surface area contributed by atoms with Crippen LogP contribution in [0, 0.1) is 0 Å². The maximum atomic E-state index is 13.0. The van der Waals surface area contributed by atoms with Crippen LogP contribution in [0.25, 0.3) is 0 Å². The predicted molar refractivity (Wildman–Crippen MR) is 226 cm³/mol. The molecular weight excluding hydrogens is 695 g/mol. The fourth-order valence-corrected chi connectivity index (χ4v) is 7.87. The number of aliphatic hydroxyl groups excluding tert-OH is 5. The van der Waals surface area contributed by atoms with Gasteiger partial charge in [-0.1, -0.05) is 213 Å². The molecule has 1 amide bonds. The van der Waals surface area contributed by atoms with E-state index in [9.17, 15) is 30.3 Å². The van der Waals surface area contributed by atoms with Crippen molar-refractivity contribution in [2.24, 2.45) is 0 Å². The standard InChI is InChI=1S/C46H91NO8/c1-3-5-7-9-11-13-15-17-19-21-23-25-27-29-31-33-35-40(49)39(38-54-46-45(53)44(52)43(51)41(37-48)55-46)47-42(50)36-34-32-30-28-26-24-22-20-18-16-14-12-10-8-6-4-2/h39-41,43-46,48-49,51-53H,3-38H2,1-2H3,(H,47,50)/t39-,40+,41+,43-,44?,45?,46+/m0/s1. The second-order valence-corrected chi connectivity index (χ2v) is 16.9. The van der Waals surface area contributed by atoms with E-state index in [0.717, 1.165) is 38.5 Å². The predicted octanol–water partition coefficient (Wildman–Crippen LogP) is 9.95. The fourth-order valence-electron chi connectivity index (χ4n) is 7.87. The Kier molecular flexibility index (Phi) is 35.6. The van der Waals surface area contributed by atoms with Crippen LogP contribution in [0.3, 0.4) is 0 Å². The summed E-state index contributed by atoms with van der Waals surface area (Å²) in [5.74, 6) is -0.140. The van der Waals surface area contributed by atoms with Gasteiger partial charge >= 0.3 is 0 Å². The van der Waals surface area contributed by atoms with Crippen LogP contribution in [-0.2, 0) is 14.3 Å². The summed E-state index contributed by atoms with van der Waals surface area (Å²) in [6, 6.07) is -0.711. The zero-order chi connectivity index (χ0) is 40.2. The van der Waals surface area contributed by atoms with Crippen molar-refractivity contribution in [3.05, 3.63) is 0 Å². The number of hydrogen-bond acceptors (Lipinski definition) is 8. The van der Waals surface area contributed by atoms with Crippen LogP contribution in [-0.4, -0.2) is 87.5 Å². The first-order chi connectivity index (χ1) is 26.8. The highest BCUT2D eigenvalue weighted by molar-refractivity contribution is 5.76. The average molecular weight is 786 g/mol. The second kappa shape index (κ2) is 37.5. The van der Waals surface area contributed by atoms with E-state index < -0.39 is 49.5 Å². The number of amides is 1. The molecule has 9 nitrogen and oxygen atoms in total. The van der Waals surface area contributed by atoms with Gasteiger partial charge in [-0.05, 0) is 12.8 Å². The number of carbonyl (C=O) groups is 1. The SMILES string of the molecule is CCCCCCCCCCCCCCCCCCC(=O)N[C@@H](CO[C@@H]1O[C@H](CO)[C@H](O)C(O)C1O)[C@H](O)CCCCCCCCCCCCCCCCCC. The Labute approximate surface area is 338 Å². The summed E-state index contributed by atoms with van der Waals surface area (Å²) in [4.78, 5) is 13.0. The Balaban J connectivity index is 2.30. The lowest BCUT2D eigenvalue weighted by molar-refractivity contribution is -0.302. The molecule has 0 radical (unpaired) electrons. The molecule has 1 fully saturated rings. The maximum Gasteiger partial charge on any atom is 0.220 e. The van der Waals surface area contributed by atoms with Crippen LogP contribution in [0.4, 0.5) is 0 Å². The molecule has 1 aliphatic heterocycles. The van der Waals surface area contributed by atoms with Gasteiger partial charge < -0.3 is 40.3 Å². The highest BCUT2D eigenvalue weighted by Crippen LogP contribution is 2.23. The smallest absolute Gasteiger partial charge is 0.220 e. The third-order valence-electron chi connectivity index (χ3n) is 11.7. The summed E-state index contributed by atoms with van der Waals surface area (Å²) in [5.41, 5.74) is 0. The minimum atomic E-state index is -1.55. The summed E-state index contributed by atoms with van der Waals surface area (Å²) < 4.78 is 11.3. The Morgan fingerprint density at radius 1 is 0.545 bits per heavy atom. The van der Waals surface area contributed by atoms with Crippen LogP contribution in [0.15, 0.2) is 0 Å². The summed E-state index contributed by atoms with van der Waals surface area (Å²) in [7, 11) is 0. The topological polar surface area (TPSA) is 149 Å². The molecule has 0 saturated carbocycles. The molecule has 0 aliphatic carbocycles. The summed E-state index contributed by atoms with van der Waals surface area (Å²) in [5, 5.41) is 54.4. The fraction of sp³-hybridized carbons (Fsp3) is 0.978. The number of ether oxygens (including phenoxy) is 2. The molecule has 0 aromatic carbocycles. The minimum absolute atomic E-state index is 0.132. The van der Waals surface area contributed by atoms with Crippen molar-refractivity contribution in [2.45, 2.75) is 275 Å². The highest BCUT2D eigenvalue weighted by Gasteiger charge is 2.44. The van der Waals surface area contributed by atoms with Gasteiger partial charge in [-0.15, -0.1) is 0 Å². The number of carbonyl (C=O) groups excluding carboxylic acids is 1. The van der Waals surface area contributed by atoms with Crippen molar-refractivity contribution in [1.29, 1.82) is 0 Å². The lowest BCUT2D eigenvalue weighted by atomic mass is 9.99. The molecule has 1 aliphatic rings. The Morgan fingerprint density at radius 3 is 1.29 bits per heavy atom. The van der Waals surface area contributed by atoms with Gasteiger partial charge in [0.2, 0.25) is 5.91 Å². The van der Waals surface area contributed by atoms with Gasteiger partial charge in [0.25, 0.3) is 0 Å². The summed E-state index contributed by atoms with van der Waals surface area (Å²) in [6.07, 6.45) is 33.9. The van der Waals surface area contributed by atoms with Crippen molar-refractivity contribution in [2.75, 3.05) is 13.2 Å². The second-order valence-electron chi connectivity index (χ2n) is 16.9. The maximum absolute atomic E-state index is 13.0. The molecule has 0 spiro atoms. The Hall–Kier alpha value is -0.810. The molecular formula is C46H91NO8.